The average Bonchev–Trinajstić information content (AvgIpc) is 2.38. The molecule has 0 atom stereocenters. The van der Waals surface area contributed by atoms with Crippen molar-refractivity contribution in [1.82, 2.24) is 5.32 Å². The quantitative estimate of drug-likeness (QED) is 0.818. The Morgan fingerprint density at radius 1 is 1.28 bits per heavy atom. The van der Waals surface area contributed by atoms with Crippen LogP contribution in [0, 0.1) is 0 Å². The van der Waals surface area contributed by atoms with Crippen molar-refractivity contribution in [1.29, 1.82) is 0 Å². The predicted octanol–water partition coefficient (Wildman–Crippen LogP) is 2.06. The van der Waals surface area contributed by atoms with E-state index in [1.165, 1.54) is 12.7 Å². The van der Waals surface area contributed by atoms with Crippen LogP contribution in [0.4, 0.5) is 0 Å². The molecule has 4 nitrogen and oxygen atoms in total. The van der Waals surface area contributed by atoms with Gasteiger partial charge in [-0.3, -0.25) is 9.59 Å². The van der Waals surface area contributed by atoms with E-state index >= 15 is 0 Å². The number of amides is 1. The number of nitrogens with one attached hydrogen (secondary N) is 1. The Labute approximate surface area is 115 Å². The zero-order valence-corrected chi connectivity index (χ0v) is 11.8. The van der Waals surface area contributed by atoms with Gasteiger partial charge in [-0.05, 0) is 30.5 Å². The van der Waals surface area contributed by atoms with Crippen LogP contribution in [-0.4, -0.2) is 25.5 Å². The summed E-state index contributed by atoms with van der Waals surface area (Å²) in [6.45, 7) is -0.0619. The van der Waals surface area contributed by atoms with Gasteiger partial charge in [0.25, 0.3) is 0 Å². The summed E-state index contributed by atoms with van der Waals surface area (Å²) in [5.41, 5.74) is 1.19. The third kappa shape index (κ3) is 5.82. The molecule has 1 amide bonds. The summed E-state index contributed by atoms with van der Waals surface area (Å²) in [5, 5.41) is 2.51. The molecule has 0 saturated carbocycles. The Morgan fingerprint density at radius 2 is 1.94 bits per heavy atom. The van der Waals surface area contributed by atoms with Gasteiger partial charge in [0, 0.05) is 10.9 Å². The van der Waals surface area contributed by atoms with Gasteiger partial charge in [-0.1, -0.05) is 28.1 Å². The molecule has 18 heavy (non-hydrogen) atoms. The third-order valence-corrected chi connectivity index (χ3v) is 2.97. The van der Waals surface area contributed by atoms with Crippen molar-refractivity contribution >= 4 is 27.8 Å². The van der Waals surface area contributed by atoms with E-state index in [0.717, 1.165) is 17.3 Å². The second-order valence-corrected chi connectivity index (χ2v) is 4.75. The van der Waals surface area contributed by atoms with Gasteiger partial charge < -0.3 is 10.1 Å². The minimum atomic E-state index is -0.434. The average molecular weight is 314 g/mol. The fourth-order valence-electron chi connectivity index (χ4n) is 1.44. The zero-order chi connectivity index (χ0) is 13.4. The Balaban J connectivity index is 2.19. The molecule has 0 fully saturated rings. The molecular weight excluding hydrogens is 298 g/mol. The van der Waals surface area contributed by atoms with Crippen molar-refractivity contribution in [3.05, 3.63) is 34.3 Å². The van der Waals surface area contributed by atoms with Crippen molar-refractivity contribution in [3.8, 4) is 0 Å². The van der Waals surface area contributed by atoms with E-state index < -0.39 is 5.97 Å². The third-order valence-electron chi connectivity index (χ3n) is 2.44. The molecule has 0 radical (unpaired) electrons. The van der Waals surface area contributed by atoms with Crippen LogP contribution in [0.1, 0.15) is 18.4 Å². The fraction of sp³-hybridized carbons (Fsp3) is 0.385. The molecule has 0 aliphatic heterocycles. The van der Waals surface area contributed by atoms with Crippen LogP contribution < -0.4 is 5.32 Å². The first-order valence-electron chi connectivity index (χ1n) is 5.70. The highest BCUT2D eigenvalue weighted by atomic mass is 79.9. The van der Waals surface area contributed by atoms with Crippen LogP contribution in [0.25, 0.3) is 0 Å². The highest BCUT2D eigenvalue weighted by molar-refractivity contribution is 9.10. The number of methoxy groups -OCH3 is 1. The van der Waals surface area contributed by atoms with Crippen LogP contribution in [0.5, 0.6) is 0 Å². The van der Waals surface area contributed by atoms with Crippen molar-refractivity contribution in [3.63, 3.8) is 0 Å². The molecule has 0 heterocycles. The lowest BCUT2D eigenvalue weighted by molar-refractivity contribution is -0.141. The number of carbonyl (C=O) groups is 2. The number of rotatable bonds is 6. The molecule has 5 heteroatoms. The Hall–Kier alpha value is -1.36. The normalized spacial score (nSPS) is 9.89. The van der Waals surface area contributed by atoms with Crippen LogP contribution in [0.15, 0.2) is 28.7 Å². The molecule has 0 aliphatic carbocycles. The van der Waals surface area contributed by atoms with E-state index in [1.54, 1.807) is 0 Å². The van der Waals surface area contributed by atoms with Gasteiger partial charge in [0.2, 0.25) is 5.91 Å². The summed E-state index contributed by atoms with van der Waals surface area (Å²) in [5.74, 6) is -0.561. The molecule has 1 rings (SSSR count). The van der Waals surface area contributed by atoms with Gasteiger partial charge in [-0.15, -0.1) is 0 Å². The van der Waals surface area contributed by atoms with Crippen LogP contribution >= 0.6 is 15.9 Å². The van der Waals surface area contributed by atoms with Gasteiger partial charge in [0.05, 0.1) is 7.11 Å². The zero-order valence-electron chi connectivity index (χ0n) is 10.2. The van der Waals surface area contributed by atoms with Gasteiger partial charge >= 0.3 is 5.97 Å². The largest absolute Gasteiger partial charge is 0.468 e. The minimum Gasteiger partial charge on any atom is -0.468 e. The second kappa shape index (κ2) is 7.87. The maximum atomic E-state index is 11.4. The monoisotopic (exact) mass is 313 g/mol. The number of hydrogen-bond donors (Lipinski definition) is 1. The number of ether oxygens (including phenoxy) is 1. The highest BCUT2D eigenvalue weighted by Gasteiger charge is 2.05. The Bertz CT molecular complexity index is 403. The van der Waals surface area contributed by atoms with E-state index in [0.29, 0.717) is 6.42 Å². The van der Waals surface area contributed by atoms with Gasteiger partial charge in [-0.2, -0.15) is 0 Å². The standard InChI is InChI=1S/C13H16BrNO3/c1-18-13(17)9-15-12(16)4-2-3-10-5-7-11(14)8-6-10/h5-8H,2-4,9H2,1H3,(H,15,16). The summed E-state index contributed by atoms with van der Waals surface area (Å²) in [6, 6.07) is 8.01. The number of halogens is 1. The molecule has 0 aliphatic rings. The summed E-state index contributed by atoms with van der Waals surface area (Å²) in [7, 11) is 1.29. The molecule has 0 spiro atoms. The van der Waals surface area contributed by atoms with E-state index in [2.05, 4.69) is 26.0 Å². The van der Waals surface area contributed by atoms with Gasteiger partial charge in [0.15, 0.2) is 0 Å². The number of carbonyl (C=O) groups excluding carboxylic acids is 2. The first-order valence-corrected chi connectivity index (χ1v) is 6.49. The van der Waals surface area contributed by atoms with Crippen molar-refractivity contribution in [2.45, 2.75) is 19.3 Å². The lowest BCUT2D eigenvalue weighted by Crippen LogP contribution is -2.29. The molecule has 0 aromatic heterocycles. The topological polar surface area (TPSA) is 55.4 Å². The summed E-state index contributed by atoms with van der Waals surface area (Å²) < 4.78 is 5.47. The number of aryl methyl sites for hydroxylation is 1. The smallest absolute Gasteiger partial charge is 0.325 e. The highest BCUT2D eigenvalue weighted by Crippen LogP contribution is 2.12. The van der Waals surface area contributed by atoms with E-state index in [1.807, 2.05) is 24.3 Å². The van der Waals surface area contributed by atoms with E-state index in [-0.39, 0.29) is 12.5 Å². The second-order valence-electron chi connectivity index (χ2n) is 3.83. The Kier molecular flexibility index (Phi) is 6.43. The number of benzene rings is 1. The van der Waals surface area contributed by atoms with Crippen molar-refractivity contribution in [2.75, 3.05) is 13.7 Å². The first-order chi connectivity index (χ1) is 8.61. The van der Waals surface area contributed by atoms with Crippen molar-refractivity contribution < 1.29 is 14.3 Å². The predicted molar refractivity (Wildman–Crippen MR) is 72.1 cm³/mol. The maximum absolute atomic E-state index is 11.4. The van der Waals surface area contributed by atoms with Crippen LogP contribution in [-0.2, 0) is 20.7 Å². The summed E-state index contributed by atoms with van der Waals surface area (Å²) >= 11 is 3.37. The lowest BCUT2D eigenvalue weighted by Gasteiger charge is -2.04. The number of esters is 1. The van der Waals surface area contributed by atoms with Gasteiger partial charge in [0.1, 0.15) is 6.54 Å². The molecule has 0 bridgehead atoms. The molecule has 1 aromatic carbocycles. The molecule has 1 N–H and O–H groups in total. The fourth-order valence-corrected chi connectivity index (χ4v) is 1.70. The molecule has 0 saturated heterocycles. The molecule has 1 aromatic rings. The van der Waals surface area contributed by atoms with Crippen LogP contribution in [0.2, 0.25) is 0 Å². The summed E-state index contributed by atoms with van der Waals surface area (Å²) in [4.78, 5) is 22.2. The van der Waals surface area contributed by atoms with Gasteiger partial charge in [-0.25, -0.2) is 0 Å². The SMILES string of the molecule is COC(=O)CNC(=O)CCCc1ccc(Br)cc1. The maximum Gasteiger partial charge on any atom is 0.325 e. The number of hydrogen-bond acceptors (Lipinski definition) is 3. The molecule has 0 unspecified atom stereocenters. The minimum absolute atomic E-state index is 0.0619. The van der Waals surface area contributed by atoms with Crippen LogP contribution in [0.3, 0.4) is 0 Å². The Morgan fingerprint density at radius 3 is 2.56 bits per heavy atom. The van der Waals surface area contributed by atoms with E-state index in [9.17, 15) is 9.59 Å². The van der Waals surface area contributed by atoms with E-state index in [4.69, 9.17) is 0 Å². The van der Waals surface area contributed by atoms with Crippen molar-refractivity contribution in [2.24, 2.45) is 0 Å². The first kappa shape index (κ1) is 14.7. The molecular formula is C13H16BrNO3. The lowest BCUT2D eigenvalue weighted by atomic mass is 10.1. The summed E-state index contributed by atoms with van der Waals surface area (Å²) in [6.07, 6.45) is 2.01. The molecule has 98 valence electrons.